The molecule has 1 aromatic rings. The summed E-state index contributed by atoms with van der Waals surface area (Å²) in [6, 6.07) is 0.241. The van der Waals surface area contributed by atoms with Gasteiger partial charge in [0.25, 0.3) is 6.43 Å². The fraction of sp³-hybridized carbons (Fsp3) is 0.333. The topological polar surface area (TPSA) is 50.2 Å². The minimum Gasteiger partial charge on any atom is -0.481 e. The van der Waals surface area contributed by atoms with Gasteiger partial charge in [-0.25, -0.2) is 13.8 Å². The van der Waals surface area contributed by atoms with E-state index >= 15 is 0 Å². The molecule has 0 aliphatic carbocycles. The molecule has 1 rings (SSSR count). The number of rotatable bonds is 3. The maximum Gasteiger partial charge on any atom is 0.421 e. The Morgan fingerprint density at radius 1 is 1.39 bits per heavy atom. The van der Waals surface area contributed by atoms with Crippen LogP contribution in [0, 0.1) is 5.95 Å². The molecule has 0 saturated heterocycles. The van der Waals surface area contributed by atoms with Crippen molar-refractivity contribution in [1.82, 2.24) is 4.98 Å². The fourth-order valence-electron chi connectivity index (χ4n) is 1.30. The normalized spacial score (nSPS) is 11.9. The summed E-state index contributed by atoms with van der Waals surface area (Å²) >= 11 is 0. The van der Waals surface area contributed by atoms with Gasteiger partial charge in [-0.15, -0.1) is 0 Å². The van der Waals surface area contributed by atoms with E-state index in [1.165, 1.54) is 0 Å². The van der Waals surface area contributed by atoms with Crippen LogP contribution in [0.15, 0.2) is 6.07 Å². The first-order valence-electron chi connectivity index (χ1n) is 4.39. The van der Waals surface area contributed by atoms with Gasteiger partial charge in [0.05, 0.1) is 6.42 Å². The van der Waals surface area contributed by atoms with Crippen LogP contribution in [0.1, 0.15) is 23.2 Å². The SMILES string of the molecule is O=C(O)Cc1cc(C(F)F)nc(F)c1C(F)(F)F. The van der Waals surface area contributed by atoms with Crippen LogP contribution in [0.25, 0.3) is 0 Å². The number of aromatic nitrogens is 1. The van der Waals surface area contributed by atoms with E-state index in [4.69, 9.17) is 5.11 Å². The number of halogens is 6. The Labute approximate surface area is 96.1 Å². The standard InChI is InChI=1S/C9H5F6NO2/c10-7(11)4-1-3(2-5(17)18)6(8(12)16-4)9(13,14)15/h1,7H,2H2,(H,17,18). The average molecular weight is 273 g/mol. The van der Waals surface area contributed by atoms with E-state index in [1.54, 1.807) is 0 Å². The van der Waals surface area contributed by atoms with Crippen molar-refractivity contribution in [3.05, 3.63) is 28.8 Å². The molecule has 18 heavy (non-hydrogen) atoms. The Morgan fingerprint density at radius 2 is 1.94 bits per heavy atom. The maximum absolute atomic E-state index is 13.1. The Kier molecular flexibility index (Phi) is 3.82. The van der Waals surface area contributed by atoms with Gasteiger partial charge in [-0.05, 0) is 11.6 Å². The number of carboxylic acids is 1. The fourth-order valence-corrected chi connectivity index (χ4v) is 1.30. The highest BCUT2D eigenvalue weighted by Crippen LogP contribution is 2.35. The molecule has 0 saturated carbocycles. The van der Waals surface area contributed by atoms with Crippen molar-refractivity contribution in [2.45, 2.75) is 19.0 Å². The molecule has 9 heteroatoms. The second-order valence-electron chi connectivity index (χ2n) is 3.24. The lowest BCUT2D eigenvalue weighted by Gasteiger charge is -2.13. The first kappa shape index (κ1) is 14.3. The second-order valence-corrected chi connectivity index (χ2v) is 3.24. The number of pyridine rings is 1. The van der Waals surface area contributed by atoms with Gasteiger partial charge < -0.3 is 5.11 Å². The molecular formula is C9H5F6NO2. The van der Waals surface area contributed by atoms with Gasteiger partial charge in [0, 0.05) is 0 Å². The predicted molar refractivity (Wildman–Crippen MR) is 45.5 cm³/mol. The van der Waals surface area contributed by atoms with Gasteiger partial charge in [-0.1, -0.05) is 0 Å². The first-order valence-corrected chi connectivity index (χ1v) is 4.39. The Hall–Kier alpha value is -1.80. The van der Waals surface area contributed by atoms with Gasteiger partial charge in [0.2, 0.25) is 5.95 Å². The molecule has 0 unspecified atom stereocenters. The molecule has 1 N–H and O–H groups in total. The molecule has 100 valence electrons. The molecule has 0 atom stereocenters. The van der Waals surface area contributed by atoms with E-state index in [0.717, 1.165) is 0 Å². The Bertz CT molecular complexity index is 471. The number of carboxylic acid groups (broad SMARTS) is 1. The number of carbonyl (C=O) groups is 1. The van der Waals surface area contributed by atoms with Gasteiger partial charge >= 0.3 is 12.1 Å². The maximum atomic E-state index is 13.1. The van der Waals surface area contributed by atoms with Gasteiger partial charge in [0.15, 0.2) is 0 Å². The molecule has 0 aliphatic heterocycles. The largest absolute Gasteiger partial charge is 0.481 e. The van der Waals surface area contributed by atoms with E-state index < -0.39 is 47.8 Å². The van der Waals surface area contributed by atoms with Gasteiger partial charge in [-0.3, -0.25) is 4.79 Å². The van der Waals surface area contributed by atoms with E-state index in [9.17, 15) is 31.1 Å². The van der Waals surface area contributed by atoms with Crippen LogP contribution in [-0.4, -0.2) is 16.1 Å². The Morgan fingerprint density at radius 3 is 2.33 bits per heavy atom. The van der Waals surface area contributed by atoms with Crippen LogP contribution in [0.3, 0.4) is 0 Å². The molecule has 3 nitrogen and oxygen atoms in total. The minimum atomic E-state index is -5.21. The summed E-state index contributed by atoms with van der Waals surface area (Å²) in [4.78, 5) is 12.8. The number of nitrogens with zero attached hydrogens (tertiary/aromatic N) is 1. The highest BCUT2D eigenvalue weighted by atomic mass is 19.4. The van der Waals surface area contributed by atoms with Crippen LogP contribution in [0.4, 0.5) is 26.3 Å². The second kappa shape index (κ2) is 4.83. The summed E-state index contributed by atoms with van der Waals surface area (Å²) < 4.78 is 74.8. The van der Waals surface area contributed by atoms with E-state index in [-0.39, 0.29) is 6.07 Å². The zero-order valence-corrected chi connectivity index (χ0v) is 8.43. The van der Waals surface area contributed by atoms with Crippen LogP contribution >= 0.6 is 0 Å². The van der Waals surface area contributed by atoms with Crippen molar-refractivity contribution in [2.75, 3.05) is 0 Å². The third kappa shape index (κ3) is 3.11. The third-order valence-electron chi connectivity index (χ3n) is 1.93. The highest BCUT2D eigenvalue weighted by molar-refractivity contribution is 5.70. The molecule has 0 bridgehead atoms. The first-order chi connectivity index (χ1) is 8.12. The lowest BCUT2D eigenvalue weighted by molar-refractivity contribution is -0.142. The van der Waals surface area contributed by atoms with Crippen LogP contribution in [-0.2, 0) is 17.4 Å². The van der Waals surface area contributed by atoms with Crippen molar-refractivity contribution in [3.63, 3.8) is 0 Å². The molecule has 0 radical (unpaired) electrons. The lowest BCUT2D eigenvalue weighted by Crippen LogP contribution is -2.17. The lowest BCUT2D eigenvalue weighted by atomic mass is 10.0. The highest BCUT2D eigenvalue weighted by Gasteiger charge is 2.39. The molecule has 1 aromatic heterocycles. The summed E-state index contributed by atoms with van der Waals surface area (Å²) in [6.45, 7) is 0. The number of alkyl halides is 5. The van der Waals surface area contributed by atoms with E-state index in [0.29, 0.717) is 0 Å². The van der Waals surface area contributed by atoms with Crippen LogP contribution in [0.5, 0.6) is 0 Å². The summed E-state index contributed by atoms with van der Waals surface area (Å²) in [5.41, 5.74) is -4.26. The quantitative estimate of drug-likeness (QED) is 0.680. The average Bonchev–Trinajstić information content (AvgIpc) is 2.12. The van der Waals surface area contributed by atoms with Crippen molar-refractivity contribution in [1.29, 1.82) is 0 Å². The molecular weight excluding hydrogens is 268 g/mol. The van der Waals surface area contributed by atoms with Crippen LogP contribution in [0.2, 0.25) is 0 Å². The molecule has 0 aliphatic rings. The molecule has 0 amide bonds. The molecule has 0 fully saturated rings. The van der Waals surface area contributed by atoms with E-state index in [2.05, 4.69) is 4.98 Å². The van der Waals surface area contributed by atoms with Gasteiger partial charge in [0.1, 0.15) is 11.3 Å². The smallest absolute Gasteiger partial charge is 0.421 e. The monoisotopic (exact) mass is 273 g/mol. The summed E-state index contributed by atoms with van der Waals surface area (Å²) in [5, 5.41) is 8.38. The summed E-state index contributed by atoms with van der Waals surface area (Å²) in [7, 11) is 0. The number of hydrogen-bond donors (Lipinski definition) is 1. The minimum absolute atomic E-state index is 0.241. The molecule has 1 heterocycles. The third-order valence-corrected chi connectivity index (χ3v) is 1.93. The van der Waals surface area contributed by atoms with E-state index in [1.807, 2.05) is 0 Å². The molecule has 0 aromatic carbocycles. The van der Waals surface area contributed by atoms with Crippen molar-refractivity contribution in [2.24, 2.45) is 0 Å². The van der Waals surface area contributed by atoms with Gasteiger partial charge in [-0.2, -0.15) is 17.6 Å². The Balaban J connectivity index is 3.44. The van der Waals surface area contributed by atoms with Crippen LogP contribution < -0.4 is 0 Å². The van der Waals surface area contributed by atoms with Crippen molar-refractivity contribution < 1.29 is 36.2 Å². The summed E-state index contributed by atoms with van der Waals surface area (Å²) in [6.07, 6.45) is -9.73. The van der Waals surface area contributed by atoms with Crippen molar-refractivity contribution >= 4 is 5.97 Å². The molecule has 0 spiro atoms. The zero-order chi connectivity index (χ0) is 14.1. The predicted octanol–water partition coefficient (Wildman–Crippen LogP) is 2.80. The zero-order valence-electron chi connectivity index (χ0n) is 8.43. The number of aliphatic carboxylic acids is 1. The van der Waals surface area contributed by atoms with Crippen molar-refractivity contribution in [3.8, 4) is 0 Å². The number of hydrogen-bond acceptors (Lipinski definition) is 2. The summed E-state index contributed by atoms with van der Waals surface area (Å²) in [5.74, 6) is -3.86.